The molecular formula is C11H15F2N. The van der Waals surface area contributed by atoms with Crippen LogP contribution < -0.4 is 5.32 Å². The van der Waals surface area contributed by atoms with E-state index in [9.17, 15) is 8.78 Å². The van der Waals surface area contributed by atoms with E-state index in [1.54, 1.807) is 0 Å². The topological polar surface area (TPSA) is 12.0 Å². The van der Waals surface area contributed by atoms with Crippen LogP contribution in [-0.2, 0) is 6.42 Å². The van der Waals surface area contributed by atoms with Crippen molar-refractivity contribution in [1.29, 1.82) is 0 Å². The van der Waals surface area contributed by atoms with Crippen LogP contribution in [0.15, 0.2) is 18.2 Å². The maximum atomic E-state index is 13.2. The van der Waals surface area contributed by atoms with Crippen LogP contribution in [0.1, 0.15) is 19.4 Å². The van der Waals surface area contributed by atoms with Gasteiger partial charge in [0.2, 0.25) is 0 Å². The van der Waals surface area contributed by atoms with Crippen LogP contribution >= 0.6 is 0 Å². The minimum Gasteiger partial charge on any atom is -0.314 e. The van der Waals surface area contributed by atoms with Crippen molar-refractivity contribution in [2.24, 2.45) is 0 Å². The van der Waals surface area contributed by atoms with Gasteiger partial charge in [-0.2, -0.15) is 0 Å². The molecule has 1 atom stereocenters. The number of hydrogen-bond donors (Lipinski definition) is 1. The Morgan fingerprint density at radius 1 is 1.36 bits per heavy atom. The first-order chi connectivity index (χ1) is 6.63. The molecule has 1 N–H and O–H groups in total. The molecule has 1 aromatic rings. The second kappa shape index (κ2) is 5.05. The second-order valence-corrected chi connectivity index (χ2v) is 3.40. The number of nitrogens with one attached hydrogen (secondary N) is 1. The molecule has 3 heteroatoms. The number of likely N-dealkylation sites (N-methyl/N-ethyl adjacent to an activating group) is 1. The minimum absolute atomic E-state index is 0.208. The Morgan fingerprint density at radius 2 is 2.07 bits per heavy atom. The van der Waals surface area contributed by atoms with Gasteiger partial charge in [0.05, 0.1) is 0 Å². The summed E-state index contributed by atoms with van der Waals surface area (Å²) in [7, 11) is 0. The van der Waals surface area contributed by atoms with E-state index in [0.717, 1.165) is 12.6 Å². The van der Waals surface area contributed by atoms with Crippen LogP contribution in [0.3, 0.4) is 0 Å². The second-order valence-electron chi connectivity index (χ2n) is 3.40. The van der Waals surface area contributed by atoms with Crippen molar-refractivity contribution >= 4 is 0 Å². The Balaban J connectivity index is 2.67. The Morgan fingerprint density at radius 3 is 2.64 bits per heavy atom. The van der Waals surface area contributed by atoms with E-state index in [1.165, 1.54) is 12.1 Å². The van der Waals surface area contributed by atoms with Gasteiger partial charge in [0.1, 0.15) is 11.6 Å². The summed E-state index contributed by atoms with van der Waals surface area (Å²) in [4.78, 5) is 0. The van der Waals surface area contributed by atoms with E-state index in [-0.39, 0.29) is 6.04 Å². The molecule has 0 heterocycles. The molecule has 0 aromatic heterocycles. The van der Waals surface area contributed by atoms with Gasteiger partial charge >= 0.3 is 0 Å². The normalized spacial score (nSPS) is 12.9. The Labute approximate surface area is 83.1 Å². The summed E-state index contributed by atoms with van der Waals surface area (Å²) in [5.41, 5.74) is 0.555. The number of benzene rings is 1. The highest BCUT2D eigenvalue weighted by Crippen LogP contribution is 2.11. The third kappa shape index (κ3) is 3.07. The first kappa shape index (κ1) is 11.1. The van der Waals surface area contributed by atoms with Gasteiger partial charge in [-0.3, -0.25) is 0 Å². The van der Waals surface area contributed by atoms with Gasteiger partial charge in [-0.25, -0.2) is 8.78 Å². The SMILES string of the molecule is CCNC(C)Cc1ccc(F)cc1F. The average Bonchev–Trinajstić information content (AvgIpc) is 2.10. The summed E-state index contributed by atoms with van der Waals surface area (Å²) < 4.78 is 25.8. The number of halogens is 2. The highest BCUT2D eigenvalue weighted by molar-refractivity contribution is 5.19. The van der Waals surface area contributed by atoms with Crippen molar-refractivity contribution in [3.05, 3.63) is 35.4 Å². The highest BCUT2D eigenvalue weighted by Gasteiger charge is 2.07. The largest absolute Gasteiger partial charge is 0.314 e. The van der Waals surface area contributed by atoms with Crippen molar-refractivity contribution in [2.75, 3.05) is 6.54 Å². The fourth-order valence-corrected chi connectivity index (χ4v) is 1.44. The molecule has 0 bridgehead atoms. The molecule has 1 nitrogen and oxygen atoms in total. The molecule has 14 heavy (non-hydrogen) atoms. The molecule has 1 rings (SSSR count). The maximum absolute atomic E-state index is 13.2. The minimum atomic E-state index is -0.526. The molecule has 78 valence electrons. The van der Waals surface area contributed by atoms with Crippen molar-refractivity contribution in [3.8, 4) is 0 Å². The maximum Gasteiger partial charge on any atom is 0.129 e. The molecular weight excluding hydrogens is 184 g/mol. The molecule has 0 fully saturated rings. The van der Waals surface area contributed by atoms with Gasteiger partial charge in [-0.1, -0.05) is 13.0 Å². The summed E-state index contributed by atoms with van der Waals surface area (Å²) >= 11 is 0. The van der Waals surface area contributed by atoms with Gasteiger partial charge in [0.25, 0.3) is 0 Å². The Bertz CT molecular complexity index is 299. The molecule has 0 aliphatic carbocycles. The van der Waals surface area contributed by atoms with Crippen molar-refractivity contribution in [2.45, 2.75) is 26.3 Å². The average molecular weight is 199 g/mol. The molecule has 1 aromatic carbocycles. The standard InChI is InChI=1S/C11H15F2N/c1-3-14-8(2)6-9-4-5-10(12)7-11(9)13/h4-5,7-8,14H,3,6H2,1-2H3. The molecule has 0 radical (unpaired) electrons. The molecule has 0 saturated heterocycles. The fraction of sp³-hybridized carbons (Fsp3) is 0.455. The van der Waals surface area contributed by atoms with Gasteiger partial charge in [0, 0.05) is 12.1 Å². The predicted molar refractivity (Wildman–Crippen MR) is 53.2 cm³/mol. The zero-order valence-corrected chi connectivity index (χ0v) is 8.48. The van der Waals surface area contributed by atoms with E-state index in [2.05, 4.69) is 5.32 Å². The zero-order chi connectivity index (χ0) is 10.6. The fourth-order valence-electron chi connectivity index (χ4n) is 1.44. The van der Waals surface area contributed by atoms with Crippen LogP contribution in [0.4, 0.5) is 8.78 Å². The Hall–Kier alpha value is -0.960. The lowest BCUT2D eigenvalue weighted by Crippen LogP contribution is -2.27. The molecule has 0 spiro atoms. The van der Waals surface area contributed by atoms with Gasteiger partial charge in [-0.15, -0.1) is 0 Å². The van der Waals surface area contributed by atoms with E-state index < -0.39 is 11.6 Å². The van der Waals surface area contributed by atoms with Crippen LogP contribution in [-0.4, -0.2) is 12.6 Å². The summed E-state index contributed by atoms with van der Waals surface area (Å²) in [5, 5.41) is 3.18. The molecule has 0 amide bonds. The molecule has 0 aliphatic rings. The van der Waals surface area contributed by atoms with E-state index in [1.807, 2.05) is 13.8 Å². The first-order valence-corrected chi connectivity index (χ1v) is 4.80. The number of rotatable bonds is 4. The van der Waals surface area contributed by atoms with E-state index in [0.29, 0.717) is 12.0 Å². The summed E-state index contributed by atoms with van der Waals surface area (Å²) in [6, 6.07) is 3.92. The lowest BCUT2D eigenvalue weighted by molar-refractivity contribution is 0.531. The molecule has 0 aliphatic heterocycles. The lowest BCUT2D eigenvalue weighted by atomic mass is 10.1. The highest BCUT2D eigenvalue weighted by atomic mass is 19.1. The van der Waals surface area contributed by atoms with Crippen LogP contribution in [0, 0.1) is 11.6 Å². The monoisotopic (exact) mass is 199 g/mol. The van der Waals surface area contributed by atoms with E-state index in [4.69, 9.17) is 0 Å². The third-order valence-electron chi connectivity index (χ3n) is 2.09. The quantitative estimate of drug-likeness (QED) is 0.785. The summed E-state index contributed by atoms with van der Waals surface area (Å²) in [6.45, 7) is 4.83. The predicted octanol–water partition coefficient (Wildman–Crippen LogP) is 2.51. The molecule has 1 unspecified atom stereocenters. The van der Waals surface area contributed by atoms with E-state index >= 15 is 0 Å². The van der Waals surface area contributed by atoms with Crippen LogP contribution in [0.5, 0.6) is 0 Å². The van der Waals surface area contributed by atoms with Crippen molar-refractivity contribution in [3.63, 3.8) is 0 Å². The van der Waals surface area contributed by atoms with Gasteiger partial charge < -0.3 is 5.32 Å². The van der Waals surface area contributed by atoms with Gasteiger partial charge in [0.15, 0.2) is 0 Å². The van der Waals surface area contributed by atoms with Crippen LogP contribution in [0.2, 0.25) is 0 Å². The summed E-state index contributed by atoms with van der Waals surface area (Å²) in [5.74, 6) is -0.989. The van der Waals surface area contributed by atoms with Crippen molar-refractivity contribution < 1.29 is 8.78 Å². The Kier molecular flexibility index (Phi) is 4.01. The number of hydrogen-bond acceptors (Lipinski definition) is 1. The smallest absolute Gasteiger partial charge is 0.129 e. The summed E-state index contributed by atoms with van der Waals surface area (Å²) in [6.07, 6.45) is 0.583. The zero-order valence-electron chi connectivity index (χ0n) is 8.48. The van der Waals surface area contributed by atoms with Gasteiger partial charge in [-0.05, 0) is 31.5 Å². The molecule has 0 saturated carbocycles. The first-order valence-electron chi connectivity index (χ1n) is 4.80. The third-order valence-corrected chi connectivity index (χ3v) is 2.09. The van der Waals surface area contributed by atoms with Crippen LogP contribution in [0.25, 0.3) is 0 Å². The van der Waals surface area contributed by atoms with Crippen molar-refractivity contribution in [1.82, 2.24) is 5.32 Å². The lowest BCUT2D eigenvalue weighted by Gasteiger charge is -2.12.